The van der Waals surface area contributed by atoms with Gasteiger partial charge in [-0.15, -0.1) is 0 Å². The number of aromatic nitrogens is 2. The van der Waals surface area contributed by atoms with Crippen molar-refractivity contribution in [2.75, 3.05) is 31.8 Å². The first-order valence-electron chi connectivity index (χ1n) is 5.96. The first kappa shape index (κ1) is 14.4. The Labute approximate surface area is 108 Å². The van der Waals surface area contributed by atoms with Crippen LogP contribution in [0.2, 0.25) is 0 Å². The van der Waals surface area contributed by atoms with Gasteiger partial charge in [-0.25, -0.2) is 4.98 Å². The van der Waals surface area contributed by atoms with Crippen molar-refractivity contribution in [1.82, 2.24) is 9.55 Å². The van der Waals surface area contributed by atoms with Crippen LogP contribution in [0, 0.1) is 6.92 Å². The van der Waals surface area contributed by atoms with Gasteiger partial charge in [-0.05, 0) is 19.6 Å². The summed E-state index contributed by atoms with van der Waals surface area (Å²) in [5.41, 5.74) is 1.06. The SMILES string of the molecule is COCCCn1cc(C)nc1NCC(C)SC. The number of anilines is 1. The highest BCUT2D eigenvalue weighted by molar-refractivity contribution is 7.99. The normalized spacial score (nSPS) is 12.7. The number of imidazole rings is 1. The number of thioether (sulfide) groups is 1. The smallest absolute Gasteiger partial charge is 0.203 e. The average molecular weight is 257 g/mol. The van der Waals surface area contributed by atoms with Crippen molar-refractivity contribution in [3.05, 3.63) is 11.9 Å². The van der Waals surface area contributed by atoms with Crippen LogP contribution in [0.15, 0.2) is 6.20 Å². The quantitative estimate of drug-likeness (QED) is 0.726. The molecule has 5 heteroatoms. The lowest BCUT2D eigenvalue weighted by atomic mass is 10.4. The number of rotatable bonds is 8. The van der Waals surface area contributed by atoms with Crippen LogP contribution in [0.25, 0.3) is 0 Å². The third kappa shape index (κ3) is 5.00. The van der Waals surface area contributed by atoms with Gasteiger partial charge in [0, 0.05) is 38.3 Å². The molecule has 1 atom stereocenters. The van der Waals surface area contributed by atoms with Crippen LogP contribution in [-0.2, 0) is 11.3 Å². The highest BCUT2D eigenvalue weighted by Gasteiger charge is 2.06. The number of aryl methyl sites for hydroxylation is 2. The first-order valence-corrected chi connectivity index (χ1v) is 7.25. The van der Waals surface area contributed by atoms with E-state index in [1.165, 1.54) is 0 Å². The van der Waals surface area contributed by atoms with Crippen molar-refractivity contribution >= 4 is 17.7 Å². The van der Waals surface area contributed by atoms with Crippen LogP contribution in [0.1, 0.15) is 19.0 Å². The Hall–Kier alpha value is -0.680. The Balaban J connectivity index is 2.51. The molecule has 1 heterocycles. The lowest BCUT2D eigenvalue weighted by molar-refractivity contribution is 0.190. The van der Waals surface area contributed by atoms with Crippen LogP contribution in [0.4, 0.5) is 5.95 Å². The predicted octanol–water partition coefficient (Wildman–Crippen LogP) is 2.39. The molecule has 1 aromatic rings. The van der Waals surface area contributed by atoms with Gasteiger partial charge in [-0.2, -0.15) is 11.8 Å². The fourth-order valence-electron chi connectivity index (χ4n) is 1.56. The predicted molar refractivity (Wildman–Crippen MR) is 74.9 cm³/mol. The molecule has 0 fully saturated rings. The molecule has 0 aliphatic carbocycles. The van der Waals surface area contributed by atoms with Gasteiger partial charge in [0.25, 0.3) is 0 Å². The van der Waals surface area contributed by atoms with Gasteiger partial charge >= 0.3 is 0 Å². The minimum absolute atomic E-state index is 0.597. The molecule has 0 bridgehead atoms. The van der Waals surface area contributed by atoms with Crippen molar-refractivity contribution < 1.29 is 4.74 Å². The number of ether oxygens (including phenoxy) is 1. The fraction of sp³-hybridized carbons (Fsp3) is 0.750. The third-order valence-corrected chi connectivity index (χ3v) is 3.57. The Kier molecular flexibility index (Phi) is 6.44. The number of methoxy groups -OCH3 is 1. The summed E-state index contributed by atoms with van der Waals surface area (Å²) in [5.74, 6) is 0.972. The lowest BCUT2D eigenvalue weighted by Crippen LogP contribution is -2.16. The van der Waals surface area contributed by atoms with Crippen molar-refractivity contribution in [1.29, 1.82) is 0 Å². The first-order chi connectivity index (χ1) is 8.17. The average Bonchev–Trinajstić information content (AvgIpc) is 2.67. The van der Waals surface area contributed by atoms with E-state index < -0.39 is 0 Å². The minimum Gasteiger partial charge on any atom is -0.385 e. The molecule has 1 unspecified atom stereocenters. The summed E-state index contributed by atoms with van der Waals surface area (Å²) in [6.45, 7) is 6.92. The summed E-state index contributed by atoms with van der Waals surface area (Å²) in [6, 6.07) is 0. The molecular weight excluding hydrogens is 234 g/mol. The zero-order chi connectivity index (χ0) is 12.7. The third-order valence-electron chi connectivity index (χ3n) is 2.59. The Morgan fingerprint density at radius 1 is 1.59 bits per heavy atom. The molecule has 1 N–H and O–H groups in total. The summed E-state index contributed by atoms with van der Waals surface area (Å²) in [6.07, 6.45) is 5.23. The molecule has 0 aliphatic heterocycles. The van der Waals surface area contributed by atoms with Crippen LogP contribution in [-0.4, -0.2) is 41.3 Å². The highest BCUT2D eigenvalue weighted by Crippen LogP contribution is 2.11. The van der Waals surface area contributed by atoms with Crippen molar-refractivity contribution in [2.24, 2.45) is 0 Å². The number of nitrogens with one attached hydrogen (secondary N) is 1. The van der Waals surface area contributed by atoms with Crippen LogP contribution in [0.5, 0.6) is 0 Å². The summed E-state index contributed by atoms with van der Waals surface area (Å²) < 4.78 is 7.24. The largest absolute Gasteiger partial charge is 0.385 e. The molecule has 0 aromatic carbocycles. The molecule has 0 amide bonds. The Morgan fingerprint density at radius 2 is 2.35 bits per heavy atom. The van der Waals surface area contributed by atoms with E-state index in [1.807, 2.05) is 18.7 Å². The maximum atomic E-state index is 5.07. The molecule has 0 saturated carbocycles. The van der Waals surface area contributed by atoms with Gasteiger partial charge in [0.15, 0.2) is 0 Å². The molecule has 1 aromatic heterocycles. The van der Waals surface area contributed by atoms with Gasteiger partial charge in [0.05, 0.1) is 5.69 Å². The van der Waals surface area contributed by atoms with Gasteiger partial charge in [-0.1, -0.05) is 6.92 Å². The van der Waals surface area contributed by atoms with E-state index in [0.29, 0.717) is 5.25 Å². The number of hydrogen-bond donors (Lipinski definition) is 1. The molecule has 0 radical (unpaired) electrons. The molecule has 0 aliphatic rings. The number of hydrogen-bond acceptors (Lipinski definition) is 4. The highest BCUT2D eigenvalue weighted by atomic mass is 32.2. The monoisotopic (exact) mass is 257 g/mol. The van der Waals surface area contributed by atoms with E-state index in [9.17, 15) is 0 Å². The second kappa shape index (κ2) is 7.61. The van der Waals surface area contributed by atoms with Crippen molar-refractivity contribution in [3.8, 4) is 0 Å². The van der Waals surface area contributed by atoms with E-state index in [2.05, 4.69) is 34.2 Å². The standard InChI is InChI=1S/C12H23N3OS/c1-10-9-15(6-5-7-16-3)12(14-10)13-8-11(2)17-4/h9,11H,5-8H2,1-4H3,(H,13,14). The maximum absolute atomic E-state index is 5.07. The van der Waals surface area contributed by atoms with Crippen molar-refractivity contribution in [2.45, 2.75) is 32.1 Å². The molecule has 4 nitrogen and oxygen atoms in total. The topological polar surface area (TPSA) is 39.1 Å². The minimum atomic E-state index is 0.597. The zero-order valence-corrected chi connectivity index (χ0v) is 12.0. The molecule has 17 heavy (non-hydrogen) atoms. The maximum Gasteiger partial charge on any atom is 0.203 e. The van der Waals surface area contributed by atoms with Gasteiger partial charge in [0.2, 0.25) is 5.95 Å². The second-order valence-corrected chi connectivity index (χ2v) is 5.45. The molecular formula is C12H23N3OS. The fourth-order valence-corrected chi connectivity index (χ4v) is 1.81. The summed E-state index contributed by atoms with van der Waals surface area (Å²) >= 11 is 1.86. The van der Waals surface area contributed by atoms with E-state index >= 15 is 0 Å². The van der Waals surface area contributed by atoms with Gasteiger partial charge in [-0.3, -0.25) is 0 Å². The van der Waals surface area contributed by atoms with Gasteiger partial charge < -0.3 is 14.6 Å². The van der Waals surface area contributed by atoms with Crippen LogP contribution in [0.3, 0.4) is 0 Å². The summed E-state index contributed by atoms with van der Waals surface area (Å²) in [4.78, 5) is 4.50. The summed E-state index contributed by atoms with van der Waals surface area (Å²) in [5, 5.41) is 4.00. The molecule has 1 rings (SSSR count). The zero-order valence-electron chi connectivity index (χ0n) is 11.2. The number of nitrogens with zero attached hydrogens (tertiary/aromatic N) is 2. The van der Waals surface area contributed by atoms with E-state index in [4.69, 9.17) is 4.74 Å². The van der Waals surface area contributed by atoms with E-state index in [0.717, 1.165) is 37.8 Å². The van der Waals surface area contributed by atoms with E-state index in [1.54, 1.807) is 7.11 Å². The van der Waals surface area contributed by atoms with Crippen molar-refractivity contribution in [3.63, 3.8) is 0 Å². The molecule has 0 saturated heterocycles. The Morgan fingerprint density at radius 3 is 3.00 bits per heavy atom. The van der Waals surface area contributed by atoms with Crippen LogP contribution < -0.4 is 5.32 Å². The van der Waals surface area contributed by atoms with E-state index in [-0.39, 0.29) is 0 Å². The lowest BCUT2D eigenvalue weighted by Gasteiger charge is -2.12. The second-order valence-electron chi connectivity index (χ2n) is 4.17. The Bertz CT molecular complexity index is 328. The molecule has 0 spiro atoms. The summed E-state index contributed by atoms with van der Waals surface area (Å²) in [7, 11) is 1.73. The van der Waals surface area contributed by atoms with Crippen LogP contribution >= 0.6 is 11.8 Å². The molecule has 98 valence electrons. The van der Waals surface area contributed by atoms with Gasteiger partial charge in [0.1, 0.15) is 0 Å².